The first-order chi connectivity index (χ1) is 15.1. The standard InChI is InChI=1S/C23H18Br2N2O4/c24-18-5-1-15(2-6-18)13-29-20-7-4-17(9-19(20)25)12-26-27-23(28)11-16-3-8-21-22(10-16)31-14-30-21/h1-10,12H,11,13-14H2,(H,27,28)/b26-12+. The normalized spacial score (nSPS) is 12.2. The lowest BCUT2D eigenvalue weighted by atomic mass is 10.1. The fraction of sp³-hybridized carbons (Fsp3) is 0.130. The van der Waals surface area contributed by atoms with Crippen molar-refractivity contribution in [1.29, 1.82) is 0 Å². The fourth-order valence-electron chi connectivity index (χ4n) is 2.91. The van der Waals surface area contributed by atoms with E-state index in [0.717, 1.165) is 31.4 Å². The first-order valence-corrected chi connectivity index (χ1v) is 11.0. The van der Waals surface area contributed by atoms with Crippen LogP contribution < -0.4 is 19.6 Å². The SMILES string of the molecule is O=C(Cc1ccc2c(c1)OCO2)N/N=C/c1ccc(OCc2ccc(Br)cc2)c(Br)c1. The highest BCUT2D eigenvalue weighted by molar-refractivity contribution is 9.10. The summed E-state index contributed by atoms with van der Waals surface area (Å²) in [6, 6.07) is 19.0. The Kier molecular flexibility index (Phi) is 6.89. The van der Waals surface area contributed by atoms with Crippen LogP contribution in [-0.4, -0.2) is 18.9 Å². The van der Waals surface area contributed by atoms with Crippen LogP contribution >= 0.6 is 31.9 Å². The Morgan fingerprint density at radius 2 is 1.77 bits per heavy atom. The Bertz CT molecular complexity index is 1120. The zero-order valence-electron chi connectivity index (χ0n) is 16.3. The number of nitrogens with zero attached hydrogens (tertiary/aromatic N) is 1. The first-order valence-electron chi connectivity index (χ1n) is 9.44. The summed E-state index contributed by atoms with van der Waals surface area (Å²) in [5, 5.41) is 4.04. The molecule has 0 radical (unpaired) electrons. The predicted octanol–water partition coefficient (Wildman–Crippen LogP) is 5.21. The molecule has 8 heteroatoms. The Hall–Kier alpha value is -2.84. The molecule has 1 amide bonds. The quantitative estimate of drug-likeness (QED) is 0.327. The number of amides is 1. The second kappa shape index (κ2) is 9.98. The lowest BCUT2D eigenvalue weighted by Crippen LogP contribution is -2.19. The van der Waals surface area contributed by atoms with Crippen molar-refractivity contribution < 1.29 is 19.0 Å². The molecule has 3 aromatic carbocycles. The summed E-state index contributed by atoms with van der Waals surface area (Å²) in [5.74, 6) is 1.86. The van der Waals surface area contributed by atoms with E-state index in [4.69, 9.17) is 14.2 Å². The summed E-state index contributed by atoms with van der Waals surface area (Å²) < 4.78 is 18.3. The molecule has 4 rings (SSSR count). The highest BCUT2D eigenvalue weighted by atomic mass is 79.9. The van der Waals surface area contributed by atoms with Gasteiger partial charge in [-0.15, -0.1) is 0 Å². The van der Waals surface area contributed by atoms with Crippen LogP contribution in [0.1, 0.15) is 16.7 Å². The number of hydrogen-bond acceptors (Lipinski definition) is 5. The van der Waals surface area contributed by atoms with E-state index in [2.05, 4.69) is 42.4 Å². The predicted molar refractivity (Wildman–Crippen MR) is 125 cm³/mol. The number of hydrogen-bond donors (Lipinski definition) is 1. The van der Waals surface area contributed by atoms with E-state index in [9.17, 15) is 4.79 Å². The zero-order valence-corrected chi connectivity index (χ0v) is 19.5. The molecule has 0 aromatic heterocycles. The van der Waals surface area contributed by atoms with Crippen molar-refractivity contribution in [3.05, 3.63) is 86.3 Å². The molecule has 31 heavy (non-hydrogen) atoms. The number of carbonyl (C=O) groups is 1. The third-order valence-corrected chi connectivity index (χ3v) is 5.62. The van der Waals surface area contributed by atoms with Crippen molar-refractivity contribution in [2.45, 2.75) is 13.0 Å². The average molecular weight is 546 g/mol. The summed E-state index contributed by atoms with van der Waals surface area (Å²) in [6.07, 6.45) is 1.78. The number of hydrazone groups is 1. The molecule has 1 heterocycles. The topological polar surface area (TPSA) is 69.2 Å². The van der Waals surface area contributed by atoms with Gasteiger partial charge >= 0.3 is 0 Å². The summed E-state index contributed by atoms with van der Waals surface area (Å²) >= 11 is 6.94. The zero-order chi connectivity index (χ0) is 21.6. The van der Waals surface area contributed by atoms with Gasteiger partial charge in [-0.25, -0.2) is 5.43 Å². The van der Waals surface area contributed by atoms with Gasteiger partial charge in [-0.3, -0.25) is 4.79 Å². The maximum absolute atomic E-state index is 12.1. The van der Waals surface area contributed by atoms with Crippen LogP contribution in [-0.2, 0) is 17.8 Å². The molecule has 1 N–H and O–H groups in total. The highest BCUT2D eigenvalue weighted by Gasteiger charge is 2.14. The van der Waals surface area contributed by atoms with Crippen LogP contribution in [0.15, 0.2) is 74.7 Å². The van der Waals surface area contributed by atoms with Gasteiger partial charge in [0.25, 0.3) is 0 Å². The van der Waals surface area contributed by atoms with Gasteiger partial charge in [0.15, 0.2) is 11.5 Å². The van der Waals surface area contributed by atoms with Crippen molar-refractivity contribution >= 4 is 44.0 Å². The maximum Gasteiger partial charge on any atom is 0.244 e. The van der Waals surface area contributed by atoms with E-state index in [1.54, 1.807) is 18.3 Å². The molecular formula is C23H18Br2N2O4. The third-order valence-electron chi connectivity index (χ3n) is 4.47. The minimum Gasteiger partial charge on any atom is -0.488 e. The number of halogens is 2. The van der Waals surface area contributed by atoms with Gasteiger partial charge in [-0.05, 0) is 75.1 Å². The smallest absolute Gasteiger partial charge is 0.244 e. The molecule has 0 fully saturated rings. The summed E-state index contributed by atoms with van der Waals surface area (Å²) in [5.41, 5.74) is 5.27. The fourth-order valence-corrected chi connectivity index (χ4v) is 3.69. The molecule has 1 aliphatic rings. The molecule has 0 atom stereocenters. The van der Waals surface area contributed by atoms with E-state index >= 15 is 0 Å². The molecular weight excluding hydrogens is 528 g/mol. The van der Waals surface area contributed by atoms with Crippen molar-refractivity contribution in [1.82, 2.24) is 5.43 Å². The molecule has 6 nitrogen and oxygen atoms in total. The van der Waals surface area contributed by atoms with Crippen LogP contribution in [0.3, 0.4) is 0 Å². The van der Waals surface area contributed by atoms with E-state index in [0.29, 0.717) is 18.1 Å². The minimum absolute atomic E-state index is 0.195. The summed E-state index contributed by atoms with van der Waals surface area (Å²) in [6.45, 7) is 0.675. The molecule has 0 saturated heterocycles. The Morgan fingerprint density at radius 3 is 2.58 bits per heavy atom. The minimum atomic E-state index is -0.219. The summed E-state index contributed by atoms with van der Waals surface area (Å²) in [7, 11) is 0. The molecule has 0 unspecified atom stereocenters. The lowest BCUT2D eigenvalue weighted by Gasteiger charge is -2.09. The Labute approximate surface area is 196 Å². The van der Waals surface area contributed by atoms with Gasteiger partial charge in [0.2, 0.25) is 12.7 Å². The molecule has 0 saturated carbocycles. The van der Waals surface area contributed by atoms with Crippen molar-refractivity contribution in [3.8, 4) is 17.2 Å². The van der Waals surface area contributed by atoms with Gasteiger partial charge in [0.1, 0.15) is 12.4 Å². The van der Waals surface area contributed by atoms with Crippen molar-refractivity contribution in [2.24, 2.45) is 5.10 Å². The molecule has 3 aromatic rings. The molecule has 0 bridgehead atoms. The second-order valence-electron chi connectivity index (χ2n) is 6.76. The highest BCUT2D eigenvalue weighted by Crippen LogP contribution is 2.32. The van der Waals surface area contributed by atoms with Crippen LogP contribution in [0.5, 0.6) is 17.2 Å². The van der Waals surface area contributed by atoms with Gasteiger partial charge in [0, 0.05) is 4.47 Å². The molecule has 0 aliphatic carbocycles. The summed E-state index contributed by atoms with van der Waals surface area (Å²) in [4.78, 5) is 12.1. The molecule has 158 valence electrons. The van der Waals surface area contributed by atoms with E-state index < -0.39 is 0 Å². The van der Waals surface area contributed by atoms with Gasteiger partial charge in [-0.1, -0.05) is 34.1 Å². The van der Waals surface area contributed by atoms with Crippen LogP contribution in [0.2, 0.25) is 0 Å². The monoisotopic (exact) mass is 544 g/mol. The Morgan fingerprint density at radius 1 is 1.00 bits per heavy atom. The largest absolute Gasteiger partial charge is 0.488 e. The van der Waals surface area contributed by atoms with Crippen LogP contribution in [0, 0.1) is 0 Å². The first kappa shape index (κ1) is 21.4. The average Bonchev–Trinajstić information content (AvgIpc) is 3.22. The number of nitrogens with one attached hydrogen (secondary N) is 1. The lowest BCUT2D eigenvalue weighted by molar-refractivity contribution is -0.120. The van der Waals surface area contributed by atoms with Crippen LogP contribution in [0.25, 0.3) is 0 Å². The van der Waals surface area contributed by atoms with Gasteiger partial charge in [-0.2, -0.15) is 5.10 Å². The Balaban J connectivity index is 1.29. The number of ether oxygens (including phenoxy) is 3. The number of rotatable bonds is 7. The number of fused-ring (bicyclic) bond motifs is 1. The van der Waals surface area contributed by atoms with Crippen molar-refractivity contribution in [3.63, 3.8) is 0 Å². The van der Waals surface area contributed by atoms with Crippen molar-refractivity contribution in [2.75, 3.05) is 6.79 Å². The van der Waals surface area contributed by atoms with Gasteiger partial charge in [0.05, 0.1) is 17.1 Å². The maximum atomic E-state index is 12.1. The number of benzene rings is 3. The van der Waals surface area contributed by atoms with E-state index in [1.165, 1.54) is 0 Å². The van der Waals surface area contributed by atoms with E-state index in [-0.39, 0.29) is 19.1 Å². The third kappa shape index (κ3) is 5.86. The van der Waals surface area contributed by atoms with Crippen LogP contribution in [0.4, 0.5) is 0 Å². The second-order valence-corrected chi connectivity index (χ2v) is 8.53. The molecule has 0 spiro atoms. The van der Waals surface area contributed by atoms with Gasteiger partial charge < -0.3 is 14.2 Å². The van der Waals surface area contributed by atoms with E-state index in [1.807, 2.05) is 48.5 Å². The number of carbonyl (C=O) groups excluding carboxylic acids is 1. The molecule has 1 aliphatic heterocycles.